The second-order valence-electron chi connectivity index (χ2n) is 4.48. The lowest BCUT2D eigenvalue weighted by Crippen LogP contribution is -2.13. The molecule has 2 rings (SSSR count). The van der Waals surface area contributed by atoms with E-state index in [0.717, 1.165) is 25.7 Å². The molecule has 0 unspecified atom stereocenters. The number of hydrogen-bond donors (Lipinski definition) is 4. The van der Waals surface area contributed by atoms with Gasteiger partial charge in [0.05, 0.1) is 0 Å². The Bertz CT molecular complexity index is 514. The molecule has 0 bridgehead atoms. The van der Waals surface area contributed by atoms with E-state index in [1.807, 2.05) is 0 Å². The Labute approximate surface area is 124 Å². The zero-order valence-corrected chi connectivity index (χ0v) is 11.7. The molecule has 12 nitrogen and oxygen atoms in total. The second-order valence-corrected chi connectivity index (χ2v) is 4.48. The van der Waals surface area contributed by atoms with Gasteiger partial charge in [0.1, 0.15) is 0 Å². The molecule has 0 aliphatic heterocycles. The molecule has 0 saturated heterocycles. The average Bonchev–Trinajstić information content (AvgIpc) is 3.16. The summed E-state index contributed by atoms with van der Waals surface area (Å²) in [7, 11) is 0. The van der Waals surface area contributed by atoms with E-state index < -0.39 is 0 Å². The summed E-state index contributed by atoms with van der Waals surface area (Å²) in [5, 5.41) is 30.7. The number of amides is 2. The first kappa shape index (κ1) is 15.5. The van der Waals surface area contributed by atoms with Crippen LogP contribution in [0.4, 0.5) is 11.9 Å². The lowest BCUT2D eigenvalue weighted by Gasteiger charge is -2.02. The van der Waals surface area contributed by atoms with Crippen LogP contribution in [0.5, 0.6) is 0 Å². The summed E-state index contributed by atoms with van der Waals surface area (Å²) in [6.07, 6.45) is 3.93. The molecule has 0 radical (unpaired) electrons. The first-order valence-corrected chi connectivity index (χ1v) is 6.80. The van der Waals surface area contributed by atoms with E-state index in [-0.39, 0.29) is 23.7 Å². The Hall–Kier alpha value is -2.92. The SMILES string of the molecule is O=C(CCCCCCC(=O)Nc1nn[nH]n1)Nc1nn[nH]n1. The van der Waals surface area contributed by atoms with Crippen molar-refractivity contribution in [1.29, 1.82) is 0 Å². The molecule has 22 heavy (non-hydrogen) atoms. The Morgan fingerprint density at radius 3 is 1.59 bits per heavy atom. The minimum Gasteiger partial charge on any atom is -0.292 e. The predicted octanol–water partition coefficient (Wildman–Crippen LogP) is -0.369. The maximum atomic E-state index is 11.5. The molecule has 2 amide bonds. The summed E-state index contributed by atoms with van der Waals surface area (Å²) in [5.41, 5.74) is 0. The number of nitrogens with one attached hydrogen (secondary N) is 4. The highest BCUT2D eigenvalue weighted by Gasteiger charge is 2.06. The van der Waals surface area contributed by atoms with E-state index in [9.17, 15) is 9.59 Å². The molecule has 12 heteroatoms. The van der Waals surface area contributed by atoms with Crippen molar-refractivity contribution in [1.82, 2.24) is 41.2 Å². The van der Waals surface area contributed by atoms with Crippen LogP contribution in [0.25, 0.3) is 0 Å². The Kier molecular flexibility index (Phi) is 5.90. The van der Waals surface area contributed by atoms with Gasteiger partial charge in [0.2, 0.25) is 11.8 Å². The standard InChI is InChI=1S/C10H16N10O2/c21-7(11-9-13-17-18-14-9)5-3-1-2-4-6-8(22)12-10-15-19-20-16-10/h1-6H2,(H2,11,13,14,17,18,21)(H2,12,15,16,19,20,22). The van der Waals surface area contributed by atoms with Crippen molar-refractivity contribution in [2.75, 3.05) is 10.6 Å². The van der Waals surface area contributed by atoms with E-state index in [0.29, 0.717) is 12.8 Å². The van der Waals surface area contributed by atoms with Crippen LogP contribution >= 0.6 is 0 Å². The lowest BCUT2D eigenvalue weighted by molar-refractivity contribution is -0.117. The highest BCUT2D eigenvalue weighted by atomic mass is 16.2. The molecule has 118 valence electrons. The van der Waals surface area contributed by atoms with Crippen molar-refractivity contribution in [3.8, 4) is 0 Å². The van der Waals surface area contributed by atoms with E-state index in [1.54, 1.807) is 0 Å². The van der Waals surface area contributed by atoms with Crippen molar-refractivity contribution >= 4 is 23.7 Å². The molecule has 0 spiro atoms. The molecule has 4 N–H and O–H groups in total. The number of rotatable bonds is 9. The van der Waals surface area contributed by atoms with E-state index in [2.05, 4.69) is 51.9 Å². The topological polar surface area (TPSA) is 167 Å². The molecular formula is C10H16N10O2. The molecule has 0 fully saturated rings. The fourth-order valence-electron chi connectivity index (χ4n) is 1.73. The molecule has 0 saturated carbocycles. The summed E-state index contributed by atoms with van der Waals surface area (Å²) in [6, 6.07) is 0. The van der Waals surface area contributed by atoms with E-state index >= 15 is 0 Å². The minimum absolute atomic E-state index is 0.156. The van der Waals surface area contributed by atoms with Gasteiger partial charge in [0, 0.05) is 12.8 Å². The first-order chi connectivity index (χ1) is 10.7. The summed E-state index contributed by atoms with van der Waals surface area (Å²) in [4.78, 5) is 23.0. The average molecular weight is 308 g/mol. The highest BCUT2D eigenvalue weighted by molar-refractivity contribution is 5.89. The summed E-state index contributed by atoms with van der Waals surface area (Å²) in [5.74, 6) is 0.0266. The van der Waals surface area contributed by atoms with Crippen molar-refractivity contribution < 1.29 is 9.59 Å². The first-order valence-electron chi connectivity index (χ1n) is 6.80. The van der Waals surface area contributed by atoms with Gasteiger partial charge in [0.15, 0.2) is 0 Å². The number of tetrazole rings is 2. The van der Waals surface area contributed by atoms with Crippen molar-refractivity contribution in [2.24, 2.45) is 0 Å². The predicted molar refractivity (Wildman–Crippen MR) is 73.3 cm³/mol. The zero-order chi connectivity index (χ0) is 15.6. The molecule has 2 aromatic heterocycles. The third-order valence-electron chi connectivity index (χ3n) is 2.75. The molecule has 0 atom stereocenters. The Morgan fingerprint density at radius 2 is 1.23 bits per heavy atom. The fraction of sp³-hybridized carbons (Fsp3) is 0.600. The van der Waals surface area contributed by atoms with E-state index in [1.165, 1.54) is 0 Å². The third kappa shape index (κ3) is 5.60. The largest absolute Gasteiger partial charge is 0.292 e. The molecule has 2 aromatic rings. The van der Waals surface area contributed by atoms with Crippen molar-refractivity contribution in [2.45, 2.75) is 38.5 Å². The van der Waals surface area contributed by atoms with Gasteiger partial charge >= 0.3 is 0 Å². The molecular weight excluding hydrogens is 292 g/mol. The number of aromatic nitrogens is 8. The van der Waals surface area contributed by atoms with Gasteiger partial charge in [-0.25, -0.2) is 0 Å². The van der Waals surface area contributed by atoms with Crippen LogP contribution in [0.2, 0.25) is 0 Å². The van der Waals surface area contributed by atoms with Crippen LogP contribution < -0.4 is 10.6 Å². The summed E-state index contributed by atoms with van der Waals surface area (Å²) >= 11 is 0. The monoisotopic (exact) mass is 308 g/mol. The second kappa shape index (κ2) is 8.39. The van der Waals surface area contributed by atoms with Crippen LogP contribution in [0.3, 0.4) is 0 Å². The highest BCUT2D eigenvalue weighted by Crippen LogP contribution is 2.07. The van der Waals surface area contributed by atoms with Gasteiger partial charge in [-0.2, -0.15) is 10.4 Å². The van der Waals surface area contributed by atoms with Gasteiger partial charge in [-0.3, -0.25) is 20.2 Å². The van der Waals surface area contributed by atoms with Crippen molar-refractivity contribution in [3.05, 3.63) is 0 Å². The van der Waals surface area contributed by atoms with Crippen LogP contribution in [-0.4, -0.2) is 53.1 Å². The minimum atomic E-state index is -0.156. The number of hydrogen-bond acceptors (Lipinski definition) is 8. The number of H-pyrrole nitrogens is 2. The van der Waals surface area contributed by atoms with E-state index in [4.69, 9.17) is 0 Å². The number of unbranched alkanes of at least 4 members (excludes halogenated alkanes) is 3. The quantitative estimate of drug-likeness (QED) is 0.455. The number of nitrogens with zero attached hydrogens (tertiary/aromatic N) is 6. The normalized spacial score (nSPS) is 10.4. The fourth-order valence-corrected chi connectivity index (χ4v) is 1.73. The maximum Gasteiger partial charge on any atom is 0.269 e. The number of carbonyl (C=O) groups is 2. The molecule has 0 aromatic carbocycles. The lowest BCUT2D eigenvalue weighted by atomic mass is 10.1. The van der Waals surface area contributed by atoms with Gasteiger partial charge in [-0.1, -0.05) is 23.0 Å². The number of carbonyl (C=O) groups excluding carboxylic acids is 2. The van der Waals surface area contributed by atoms with Crippen LogP contribution in [0.1, 0.15) is 38.5 Å². The smallest absolute Gasteiger partial charge is 0.269 e. The van der Waals surface area contributed by atoms with Crippen LogP contribution in [-0.2, 0) is 9.59 Å². The molecule has 0 aliphatic rings. The van der Waals surface area contributed by atoms with Crippen LogP contribution in [0, 0.1) is 0 Å². The van der Waals surface area contributed by atoms with Crippen molar-refractivity contribution in [3.63, 3.8) is 0 Å². The number of anilines is 2. The third-order valence-corrected chi connectivity index (χ3v) is 2.75. The van der Waals surface area contributed by atoms with Crippen LogP contribution in [0.15, 0.2) is 0 Å². The summed E-state index contributed by atoms with van der Waals surface area (Å²) < 4.78 is 0. The Morgan fingerprint density at radius 1 is 0.773 bits per heavy atom. The molecule has 2 heterocycles. The number of aromatic amines is 2. The maximum absolute atomic E-state index is 11.5. The Balaban J connectivity index is 1.47. The zero-order valence-electron chi connectivity index (χ0n) is 11.7. The van der Waals surface area contributed by atoms with Gasteiger partial charge in [-0.05, 0) is 23.3 Å². The van der Waals surface area contributed by atoms with Gasteiger partial charge in [-0.15, -0.1) is 10.2 Å². The molecule has 0 aliphatic carbocycles. The summed E-state index contributed by atoms with van der Waals surface area (Å²) in [6.45, 7) is 0. The van der Waals surface area contributed by atoms with Gasteiger partial charge in [0.25, 0.3) is 11.9 Å². The van der Waals surface area contributed by atoms with Gasteiger partial charge < -0.3 is 0 Å².